The van der Waals surface area contributed by atoms with E-state index in [1.807, 2.05) is 13.8 Å². The van der Waals surface area contributed by atoms with Gasteiger partial charge >= 0.3 is 0 Å². The first kappa shape index (κ1) is 20.7. The Kier molecular flexibility index (Phi) is 6.39. The zero-order chi connectivity index (χ0) is 19.7. The lowest BCUT2D eigenvalue weighted by Crippen LogP contribution is -2.39. The number of ether oxygens (including phenoxy) is 3. The van der Waals surface area contributed by atoms with E-state index in [1.165, 1.54) is 57.0 Å². The molecule has 1 unspecified atom stereocenters. The first-order valence-corrected chi connectivity index (χ1v) is 11.6. The molecule has 6 heteroatoms. The maximum absolute atomic E-state index is 13.5. The van der Waals surface area contributed by atoms with Crippen LogP contribution in [0.3, 0.4) is 0 Å². The fourth-order valence-corrected chi connectivity index (χ4v) is 6.04. The van der Waals surface area contributed by atoms with E-state index in [1.54, 1.807) is 6.07 Å². The second-order valence-corrected chi connectivity index (χ2v) is 10.1. The minimum atomic E-state index is -0.576. The molecule has 0 amide bonds. The van der Waals surface area contributed by atoms with E-state index in [4.69, 9.17) is 14.2 Å². The van der Waals surface area contributed by atoms with Crippen molar-refractivity contribution in [2.24, 2.45) is 0 Å². The van der Waals surface area contributed by atoms with Gasteiger partial charge in [-0.1, -0.05) is 56.5 Å². The van der Waals surface area contributed by atoms with Gasteiger partial charge in [0.15, 0.2) is 5.79 Å². The van der Waals surface area contributed by atoms with Crippen LogP contribution < -0.4 is 4.74 Å². The molecule has 4 rings (SSSR count). The summed E-state index contributed by atoms with van der Waals surface area (Å²) in [4.78, 5) is 0. The molecular weight excluding hydrogens is 422 g/mol. The largest absolute Gasteiger partial charge is 0.486 e. The van der Waals surface area contributed by atoms with Gasteiger partial charge in [-0.3, -0.25) is 0 Å². The highest BCUT2D eigenvalue weighted by atomic mass is 79.9. The molecule has 154 valence electrons. The highest BCUT2D eigenvalue weighted by molar-refractivity contribution is 9.10. The summed E-state index contributed by atoms with van der Waals surface area (Å²) in [6.45, 7) is 5.25. The molecule has 3 fully saturated rings. The van der Waals surface area contributed by atoms with E-state index in [0.717, 1.165) is 24.8 Å². The molecule has 1 aromatic carbocycles. The van der Waals surface area contributed by atoms with Crippen LogP contribution in [0.15, 0.2) is 22.7 Å². The average Bonchev–Trinajstić information content (AvgIpc) is 2.99. The van der Waals surface area contributed by atoms with Crippen molar-refractivity contribution in [1.82, 2.24) is 0 Å². The Morgan fingerprint density at radius 2 is 1.89 bits per heavy atom. The number of fused-ring (bicyclic) bond motifs is 2. The molecular formula is C22H31BBrFO3. The highest BCUT2D eigenvalue weighted by Gasteiger charge is 2.42. The third-order valence-corrected chi connectivity index (χ3v) is 7.53. The first-order chi connectivity index (χ1) is 13.4. The third kappa shape index (κ3) is 4.76. The molecule has 0 radical (unpaired) electrons. The lowest BCUT2D eigenvalue weighted by atomic mass is 9.25. The lowest BCUT2D eigenvalue weighted by Gasteiger charge is -2.41. The van der Waals surface area contributed by atoms with Crippen molar-refractivity contribution in [2.45, 2.75) is 94.7 Å². The summed E-state index contributed by atoms with van der Waals surface area (Å²) >= 11 is 3.44. The van der Waals surface area contributed by atoms with Gasteiger partial charge in [0.2, 0.25) is 0 Å². The fourth-order valence-electron chi connectivity index (χ4n) is 5.60. The van der Waals surface area contributed by atoms with E-state index in [-0.39, 0.29) is 18.0 Å². The first-order valence-electron chi connectivity index (χ1n) is 10.8. The zero-order valence-electron chi connectivity index (χ0n) is 17.0. The summed E-state index contributed by atoms with van der Waals surface area (Å²) in [5.41, 5.74) is 0. The molecule has 0 N–H and O–H groups in total. The van der Waals surface area contributed by atoms with Gasteiger partial charge in [0.05, 0.1) is 11.1 Å². The molecule has 3 aliphatic heterocycles. The van der Waals surface area contributed by atoms with Crippen LogP contribution in [0.1, 0.15) is 58.8 Å². The topological polar surface area (TPSA) is 27.7 Å². The predicted molar refractivity (Wildman–Crippen MR) is 114 cm³/mol. The lowest BCUT2D eigenvalue weighted by molar-refractivity contribution is -0.149. The Hall–Kier alpha value is -0.585. The SMILES string of the molecule is CC1(C)OC[C@H](C(CCB2C3CCCC2CCC3)Oc2ccc(F)cc2Br)O1. The summed E-state index contributed by atoms with van der Waals surface area (Å²) in [5.74, 6) is 1.61. The van der Waals surface area contributed by atoms with E-state index in [0.29, 0.717) is 16.8 Å². The molecule has 2 bridgehead atoms. The molecule has 2 atom stereocenters. The van der Waals surface area contributed by atoms with E-state index < -0.39 is 5.79 Å². The molecule has 3 saturated heterocycles. The maximum Gasteiger partial charge on any atom is 0.163 e. The average molecular weight is 453 g/mol. The highest BCUT2D eigenvalue weighted by Crippen LogP contribution is 2.48. The van der Waals surface area contributed by atoms with E-state index >= 15 is 0 Å². The fraction of sp³-hybridized carbons (Fsp3) is 0.727. The van der Waals surface area contributed by atoms with Crippen LogP contribution >= 0.6 is 15.9 Å². The smallest absolute Gasteiger partial charge is 0.163 e. The van der Waals surface area contributed by atoms with Crippen molar-refractivity contribution >= 4 is 22.6 Å². The Morgan fingerprint density at radius 3 is 2.46 bits per heavy atom. The maximum atomic E-state index is 13.5. The minimum absolute atomic E-state index is 0.0915. The van der Waals surface area contributed by atoms with E-state index in [9.17, 15) is 4.39 Å². The summed E-state index contributed by atoms with van der Waals surface area (Å²) < 4.78 is 32.5. The second-order valence-electron chi connectivity index (χ2n) is 9.22. The molecule has 3 nitrogen and oxygen atoms in total. The molecule has 0 saturated carbocycles. The number of hydrogen-bond acceptors (Lipinski definition) is 3. The number of benzene rings is 1. The Labute approximate surface area is 176 Å². The zero-order valence-corrected chi connectivity index (χ0v) is 18.5. The van der Waals surface area contributed by atoms with Gasteiger partial charge in [0, 0.05) is 0 Å². The van der Waals surface area contributed by atoms with Gasteiger partial charge in [-0.15, -0.1) is 0 Å². The third-order valence-electron chi connectivity index (χ3n) is 6.91. The number of halogens is 2. The van der Waals surface area contributed by atoms with Crippen LogP contribution in [-0.2, 0) is 9.47 Å². The Bertz CT molecular complexity index is 664. The predicted octanol–water partition coefficient (Wildman–Crippen LogP) is 6.48. The Balaban J connectivity index is 1.46. The van der Waals surface area contributed by atoms with Crippen LogP contribution in [0.5, 0.6) is 5.75 Å². The van der Waals surface area contributed by atoms with Gasteiger partial charge in [-0.2, -0.15) is 0 Å². The molecule has 28 heavy (non-hydrogen) atoms. The molecule has 0 aromatic heterocycles. The summed E-state index contributed by atoms with van der Waals surface area (Å²) in [5, 5.41) is 0. The standard InChI is InChI=1S/C22H31BBrFO3/c1-22(2)26-14-21(28-22)20(27-19-10-9-17(25)13-18(19)24)11-12-23-15-5-3-6-16(23)8-4-7-15/h9-10,13,15-16,20-21H,3-8,11-12,14H2,1-2H3/t15?,16?,20?,21-/m1/s1. The van der Waals surface area contributed by atoms with Crippen molar-refractivity contribution in [1.29, 1.82) is 0 Å². The quantitative estimate of drug-likeness (QED) is 0.462. The summed E-state index contributed by atoms with van der Waals surface area (Å²) in [6, 6.07) is 4.59. The molecule has 3 heterocycles. The van der Waals surface area contributed by atoms with Crippen LogP contribution in [0.4, 0.5) is 4.39 Å². The van der Waals surface area contributed by atoms with Crippen molar-refractivity contribution in [3.63, 3.8) is 0 Å². The second kappa shape index (κ2) is 8.65. The van der Waals surface area contributed by atoms with Crippen LogP contribution in [0.25, 0.3) is 0 Å². The summed E-state index contributed by atoms with van der Waals surface area (Å²) in [6.07, 6.45) is 10.3. The van der Waals surface area contributed by atoms with Gasteiger partial charge in [0.1, 0.15) is 30.5 Å². The van der Waals surface area contributed by atoms with Crippen molar-refractivity contribution < 1.29 is 18.6 Å². The Morgan fingerprint density at radius 1 is 1.21 bits per heavy atom. The van der Waals surface area contributed by atoms with E-state index in [2.05, 4.69) is 15.9 Å². The number of hydrogen-bond donors (Lipinski definition) is 0. The van der Waals surface area contributed by atoms with Crippen molar-refractivity contribution in [3.8, 4) is 5.75 Å². The molecule has 0 spiro atoms. The summed E-state index contributed by atoms with van der Waals surface area (Å²) in [7, 11) is 0. The van der Waals surface area contributed by atoms with Gasteiger partial charge in [-0.25, -0.2) is 4.39 Å². The minimum Gasteiger partial charge on any atom is -0.486 e. The normalized spacial score (nSPS) is 30.3. The van der Waals surface area contributed by atoms with Gasteiger partial charge in [-0.05, 0) is 54.4 Å². The van der Waals surface area contributed by atoms with Crippen LogP contribution in [-0.4, -0.2) is 31.3 Å². The van der Waals surface area contributed by atoms with Gasteiger partial charge in [0.25, 0.3) is 0 Å². The molecule has 3 aliphatic rings. The van der Waals surface area contributed by atoms with Crippen LogP contribution in [0, 0.1) is 5.82 Å². The monoisotopic (exact) mass is 452 g/mol. The van der Waals surface area contributed by atoms with Crippen molar-refractivity contribution in [2.75, 3.05) is 6.61 Å². The number of rotatable bonds is 6. The van der Waals surface area contributed by atoms with Gasteiger partial charge < -0.3 is 14.2 Å². The molecule has 0 aliphatic carbocycles. The van der Waals surface area contributed by atoms with Crippen molar-refractivity contribution in [3.05, 3.63) is 28.5 Å². The van der Waals surface area contributed by atoms with Crippen LogP contribution in [0.2, 0.25) is 18.0 Å². The molecule has 1 aromatic rings.